The number of nitrogens with one attached hydrogen (secondary N) is 1. The van der Waals surface area contributed by atoms with Gasteiger partial charge in [-0.2, -0.15) is 0 Å². The number of methoxy groups -OCH3 is 1. The van der Waals surface area contributed by atoms with Gasteiger partial charge in [-0.25, -0.2) is 0 Å². The number of halogens is 1. The number of amides is 1. The fraction of sp³-hybridized carbons (Fsp3) is 0.379. The number of hydrogen-bond acceptors (Lipinski definition) is 5. The number of aromatic nitrogens is 1. The Morgan fingerprint density at radius 3 is 2.56 bits per heavy atom. The van der Waals surface area contributed by atoms with Crippen LogP contribution in [0, 0.1) is 0 Å². The van der Waals surface area contributed by atoms with Crippen molar-refractivity contribution in [3.8, 4) is 16.9 Å². The zero-order valence-electron chi connectivity index (χ0n) is 20.8. The van der Waals surface area contributed by atoms with E-state index in [1.165, 1.54) is 11.3 Å². The molecule has 0 saturated heterocycles. The number of nitrogens with zero attached hydrogens (tertiary/aromatic N) is 2. The molecule has 1 saturated carbocycles. The molecular weight excluding hydrogens is 490 g/mol. The van der Waals surface area contributed by atoms with Crippen LogP contribution in [0.4, 0.5) is 0 Å². The zero-order valence-corrected chi connectivity index (χ0v) is 22.4. The minimum absolute atomic E-state index is 0.0190. The maximum Gasteiger partial charge on any atom is 0.266 e. The van der Waals surface area contributed by atoms with Gasteiger partial charge in [-0.15, -0.1) is 11.3 Å². The first kappa shape index (κ1) is 25.0. The highest BCUT2D eigenvalue weighted by molar-refractivity contribution is 7.12. The van der Waals surface area contributed by atoms with Crippen LogP contribution in [0.25, 0.3) is 23.3 Å². The van der Waals surface area contributed by atoms with E-state index in [4.69, 9.17) is 16.3 Å². The van der Waals surface area contributed by atoms with Crippen molar-refractivity contribution in [1.29, 1.82) is 0 Å². The summed E-state index contributed by atoms with van der Waals surface area (Å²) >= 11 is 8.33. The lowest BCUT2D eigenvalue weighted by Gasteiger charge is -2.37. The number of ether oxygens (including phenoxy) is 1. The number of carbonyl (C=O) groups is 1. The Hall–Kier alpha value is -2.67. The van der Waals surface area contributed by atoms with Crippen LogP contribution in [0.15, 0.2) is 42.7 Å². The third kappa shape index (κ3) is 5.08. The monoisotopic (exact) mass is 521 g/mol. The first-order valence-electron chi connectivity index (χ1n) is 12.6. The van der Waals surface area contributed by atoms with Crippen molar-refractivity contribution in [3.63, 3.8) is 0 Å². The average Bonchev–Trinajstić information content (AvgIpc) is 3.28. The number of pyridine rings is 1. The summed E-state index contributed by atoms with van der Waals surface area (Å²) < 4.78 is 6.86. The molecule has 0 radical (unpaired) electrons. The van der Waals surface area contributed by atoms with E-state index in [1.807, 2.05) is 30.1 Å². The molecule has 0 atom stereocenters. The largest absolute Gasteiger partial charge is 0.496 e. The van der Waals surface area contributed by atoms with E-state index < -0.39 is 0 Å². The van der Waals surface area contributed by atoms with Crippen molar-refractivity contribution in [3.05, 3.63) is 67.9 Å². The van der Waals surface area contributed by atoms with Crippen molar-refractivity contribution < 1.29 is 9.53 Å². The van der Waals surface area contributed by atoms with Crippen molar-refractivity contribution in [1.82, 2.24) is 15.2 Å². The summed E-state index contributed by atoms with van der Waals surface area (Å²) in [4.78, 5) is 21.0. The number of hydrogen-bond donors (Lipinski definition) is 1. The molecule has 0 aliphatic heterocycles. The lowest BCUT2D eigenvalue weighted by Crippen LogP contribution is -2.44. The highest BCUT2D eigenvalue weighted by Gasteiger charge is 2.32. The minimum Gasteiger partial charge on any atom is -0.496 e. The Bertz CT molecular complexity index is 1350. The first-order chi connectivity index (χ1) is 17.6. The number of rotatable bonds is 7. The smallest absolute Gasteiger partial charge is 0.266 e. The lowest BCUT2D eigenvalue weighted by atomic mass is 9.89. The molecular formula is C29H32ClN3O2S. The molecule has 7 heteroatoms. The number of fused-ring (bicyclic) bond motifs is 1. The molecule has 0 spiro atoms. The Morgan fingerprint density at radius 1 is 1.11 bits per heavy atom. The van der Waals surface area contributed by atoms with E-state index in [9.17, 15) is 4.79 Å². The second kappa shape index (κ2) is 11.2. The third-order valence-electron chi connectivity index (χ3n) is 7.39. The Morgan fingerprint density at radius 2 is 1.86 bits per heavy atom. The molecule has 0 bridgehead atoms. The van der Waals surface area contributed by atoms with Gasteiger partial charge in [0.15, 0.2) is 0 Å². The van der Waals surface area contributed by atoms with Gasteiger partial charge in [0.1, 0.15) is 10.6 Å². The molecule has 3 aromatic rings. The average molecular weight is 522 g/mol. The summed E-state index contributed by atoms with van der Waals surface area (Å²) in [5.41, 5.74) is 3.15. The van der Waals surface area contributed by atoms with Gasteiger partial charge in [0, 0.05) is 46.3 Å². The maximum absolute atomic E-state index is 14.2. The van der Waals surface area contributed by atoms with Crippen LogP contribution in [0.3, 0.4) is 0 Å². The van der Waals surface area contributed by atoms with Crippen LogP contribution in [0.2, 0.25) is 5.02 Å². The molecule has 36 heavy (non-hydrogen) atoms. The zero-order chi connectivity index (χ0) is 25.1. The van der Waals surface area contributed by atoms with Crippen molar-refractivity contribution in [2.75, 3.05) is 14.2 Å². The number of benzene rings is 1. The number of thiophene rings is 1. The summed E-state index contributed by atoms with van der Waals surface area (Å²) in [6, 6.07) is 10.8. The lowest BCUT2D eigenvalue weighted by molar-refractivity contribution is 0.0604. The maximum atomic E-state index is 14.2. The second-order valence-corrected chi connectivity index (χ2v) is 10.9. The topological polar surface area (TPSA) is 54.5 Å². The molecule has 1 aromatic carbocycles. The third-order valence-corrected chi connectivity index (χ3v) is 9.09. The predicted octanol–water partition coefficient (Wildman–Crippen LogP) is 5.00. The normalized spacial score (nSPS) is 19.1. The second-order valence-electron chi connectivity index (χ2n) is 9.50. The standard InChI is InChI=1S/C29H32ClN3O2S/c1-31-22-8-10-23(11-9-22)33(29(34)28-27(30)24-5-3-4-6-26(24)36-28)18-21-17-20(7-12-25(21)35-2)19-13-15-32-16-14-19/h5-7,12-17,22-23,31H,3-4,8-11,18H2,1-2H3. The Kier molecular flexibility index (Phi) is 7.75. The molecule has 2 aromatic heterocycles. The van der Waals surface area contributed by atoms with Crippen LogP contribution >= 0.6 is 22.9 Å². The SMILES string of the molecule is CNC1CCC(N(Cc2cc(-c3ccncc3)ccc2OC)C(=O)c2sc3c(c2Cl)=CCCC=3)CC1. The van der Waals surface area contributed by atoms with E-state index in [0.29, 0.717) is 22.5 Å². The molecule has 2 aliphatic carbocycles. The summed E-state index contributed by atoms with van der Waals surface area (Å²) in [5, 5.41) is 5.02. The molecule has 1 amide bonds. The minimum atomic E-state index is 0.0190. The van der Waals surface area contributed by atoms with Crippen molar-refractivity contribution >= 4 is 41.0 Å². The Balaban J connectivity index is 1.53. The molecule has 2 heterocycles. The van der Waals surface area contributed by atoms with E-state index in [0.717, 1.165) is 70.7 Å². The molecule has 1 N–H and O–H groups in total. The Labute approximate surface area is 221 Å². The molecule has 5 nitrogen and oxygen atoms in total. The fourth-order valence-corrected chi connectivity index (χ4v) is 6.90. The van der Waals surface area contributed by atoms with Gasteiger partial charge in [-0.05, 0) is 81.0 Å². The molecule has 1 fully saturated rings. The predicted molar refractivity (Wildman–Crippen MR) is 148 cm³/mol. The molecule has 2 aliphatic rings. The summed E-state index contributed by atoms with van der Waals surface area (Å²) in [6.07, 6.45) is 13.9. The van der Waals surface area contributed by atoms with Crippen LogP contribution in [-0.2, 0) is 6.54 Å². The van der Waals surface area contributed by atoms with Gasteiger partial charge in [-0.3, -0.25) is 9.78 Å². The molecule has 5 rings (SSSR count). The van der Waals surface area contributed by atoms with Crippen LogP contribution in [0.5, 0.6) is 5.75 Å². The molecule has 0 unspecified atom stereocenters. The quantitative estimate of drug-likeness (QED) is 0.475. The fourth-order valence-electron chi connectivity index (χ4n) is 5.34. The van der Waals surface area contributed by atoms with Gasteiger partial charge in [0.2, 0.25) is 0 Å². The highest BCUT2D eigenvalue weighted by Crippen LogP contribution is 2.32. The van der Waals surface area contributed by atoms with E-state index in [1.54, 1.807) is 19.5 Å². The van der Waals surface area contributed by atoms with E-state index in [2.05, 4.69) is 34.6 Å². The van der Waals surface area contributed by atoms with Gasteiger partial charge < -0.3 is 15.0 Å². The van der Waals surface area contributed by atoms with Crippen molar-refractivity contribution in [2.24, 2.45) is 0 Å². The van der Waals surface area contributed by atoms with Crippen LogP contribution in [0.1, 0.15) is 53.8 Å². The van der Waals surface area contributed by atoms with Gasteiger partial charge in [0.05, 0.1) is 12.1 Å². The van der Waals surface area contributed by atoms with E-state index >= 15 is 0 Å². The van der Waals surface area contributed by atoms with Crippen LogP contribution < -0.4 is 19.8 Å². The van der Waals surface area contributed by atoms with E-state index in [-0.39, 0.29) is 11.9 Å². The van der Waals surface area contributed by atoms with Gasteiger partial charge in [0.25, 0.3) is 5.91 Å². The van der Waals surface area contributed by atoms with Crippen molar-refractivity contribution in [2.45, 2.75) is 57.2 Å². The highest BCUT2D eigenvalue weighted by atomic mass is 35.5. The van der Waals surface area contributed by atoms with Crippen LogP contribution in [-0.4, -0.2) is 42.0 Å². The summed E-state index contributed by atoms with van der Waals surface area (Å²) in [6.45, 7) is 0.474. The number of carbonyl (C=O) groups excluding carboxylic acids is 1. The first-order valence-corrected chi connectivity index (χ1v) is 13.8. The molecule has 188 valence electrons. The van der Waals surface area contributed by atoms with Gasteiger partial charge >= 0.3 is 0 Å². The summed E-state index contributed by atoms with van der Waals surface area (Å²) in [5.74, 6) is 0.804. The summed E-state index contributed by atoms with van der Waals surface area (Å²) in [7, 11) is 3.71. The van der Waals surface area contributed by atoms with Gasteiger partial charge in [-0.1, -0.05) is 29.8 Å².